The van der Waals surface area contributed by atoms with Crippen LogP contribution in [0.2, 0.25) is 0 Å². The first-order chi connectivity index (χ1) is 8.75. The first-order valence-electron chi connectivity index (χ1n) is 6.12. The molecular formula is C12H19N3O4. The topological polar surface area (TPSA) is 86.8 Å². The van der Waals surface area contributed by atoms with E-state index in [1.807, 2.05) is 0 Å². The Morgan fingerprint density at radius 2 is 1.89 bits per heavy atom. The normalized spacial score (nSPS) is 19.7. The first-order valence-corrected chi connectivity index (χ1v) is 6.12. The molecule has 0 saturated carbocycles. The minimum absolute atomic E-state index is 0.0157. The Kier molecular flexibility index (Phi) is 4.63. The standard InChI is InChI=1S/C12H19N3O4/c1-7(2)9-10(17)13-12(19)15(11(9)18)6-5-8(16)14(3)4/h7,9H,5-6H2,1-4H3,(H,13,17,19). The molecule has 1 aliphatic heterocycles. The number of nitrogens with zero attached hydrogens (tertiary/aromatic N) is 2. The Morgan fingerprint density at radius 3 is 2.37 bits per heavy atom. The van der Waals surface area contributed by atoms with Crippen molar-refractivity contribution in [2.75, 3.05) is 20.6 Å². The minimum atomic E-state index is -0.868. The number of carbonyl (C=O) groups excluding carboxylic acids is 4. The van der Waals surface area contributed by atoms with E-state index in [2.05, 4.69) is 5.32 Å². The molecule has 5 amide bonds. The van der Waals surface area contributed by atoms with Crippen molar-refractivity contribution in [1.82, 2.24) is 15.1 Å². The van der Waals surface area contributed by atoms with Gasteiger partial charge < -0.3 is 4.90 Å². The van der Waals surface area contributed by atoms with Crippen molar-refractivity contribution in [3.63, 3.8) is 0 Å². The molecule has 1 saturated heterocycles. The molecule has 0 aromatic carbocycles. The number of carbonyl (C=O) groups is 4. The summed E-state index contributed by atoms with van der Waals surface area (Å²) in [5.74, 6) is -2.35. The molecule has 0 aliphatic carbocycles. The molecule has 1 unspecified atom stereocenters. The van der Waals surface area contributed by atoms with Crippen LogP contribution in [-0.2, 0) is 14.4 Å². The van der Waals surface area contributed by atoms with Gasteiger partial charge in [-0.15, -0.1) is 0 Å². The van der Waals surface area contributed by atoms with Crippen LogP contribution in [0, 0.1) is 11.8 Å². The third kappa shape index (κ3) is 3.30. The lowest BCUT2D eigenvalue weighted by Gasteiger charge is -2.31. The summed E-state index contributed by atoms with van der Waals surface area (Å²) in [6.07, 6.45) is 0.0468. The highest BCUT2D eigenvalue weighted by Gasteiger charge is 2.41. The molecule has 0 bridgehead atoms. The van der Waals surface area contributed by atoms with E-state index >= 15 is 0 Å². The second-order valence-corrected chi connectivity index (χ2v) is 5.04. The second kappa shape index (κ2) is 5.81. The fourth-order valence-corrected chi connectivity index (χ4v) is 1.86. The molecule has 1 rings (SSSR count). The fourth-order valence-electron chi connectivity index (χ4n) is 1.86. The molecule has 1 atom stereocenters. The molecule has 0 aromatic heterocycles. The zero-order valence-electron chi connectivity index (χ0n) is 11.6. The van der Waals surface area contributed by atoms with Crippen LogP contribution in [0.1, 0.15) is 20.3 Å². The maximum atomic E-state index is 12.1. The number of nitrogens with one attached hydrogen (secondary N) is 1. The molecule has 0 radical (unpaired) electrons. The summed E-state index contributed by atoms with van der Waals surface area (Å²) in [5.41, 5.74) is 0. The van der Waals surface area contributed by atoms with Gasteiger partial charge in [0.1, 0.15) is 5.92 Å². The summed E-state index contributed by atoms with van der Waals surface area (Å²) in [6.45, 7) is 3.46. The lowest BCUT2D eigenvalue weighted by atomic mass is 9.92. The van der Waals surface area contributed by atoms with Crippen molar-refractivity contribution in [1.29, 1.82) is 0 Å². The smallest absolute Gasteiger partial charge is 0.330 e. The number of barbiturate groups is 1. The third-order valence-electron chi connectivity index (χ3n) is 3.00. The molecule has 19 heavy (non-hydrogen) atoms. The van der Waals surface area contributed by atoms with Crippen molar-refractivity contribution in [2.24, 2.45) is 11.8 Å². The SMILES string of the molecule is CC(C)C1C(=O)NC(=O)N(CCC(=O)N(C)C)C1=O. The molecule has 1 aliphatic rings. The Morgan fingerprint density at radius 1 is 1.32 bits per heavy atom. The highest BCUT2D eigenvalue weighted by molar-refractivity contribution is 6.16. The molecular weight excluding hydrogens is 250 g/mol. The predicted molar refractivity (Wildman–Crippen MR) is 66.9 cm³/mol. The van der Waals surface area contributed by atoms with Gasteiger partial charge in [0.25, 0.3) is 0 Å². The lowest BCUT2D eigenvalue weighted by molar-refractivity contribution is -0.144. The van der Waals surface area contributed by atoms with E-state index in [0.29, 0.717) is 0 Å². The van der Waals surface area contributed by atoms with Gasteiger partial charge in [0.15, 0.2) is 0 Å². The minimum Gasteiger partial charge on any atom is -0.349 e. The lowest BCUT2D eigenvalue weighted by Crippen LogP contribution is -2.59. The van der Waals surface area contributed by atoms with E-state index in [0.717, 1.165) is 4.90 Å². The van der Waals surface area contributed by atoms with E-state index in [9.17, 15) is 19.2 Å². The van der Waals surface area contributed by atoms with Crippen molar-refractivity contribution < 1.29 is 19.2 Å². The molecule has 106 valence electrons. The molecule has 0 aromatic rings. The molecule has 1 fully saturated rings. The Bertz CT molecular complexity index is 417. The fraction of sp³-hybridized carbons (Fsp3) is 0.667. The largest absolute Gasteiger partial charge is 0.349 e. The van der Waals surface area contributed by atoms with Gasteiger partial charge in [0, 0.05) is 27.1 Å². The third-order valence-corrected chi connectivity index (χ3v) is 3.00. The van der Waals surface area contributed by atoms with E-state index in [4.69, 9.17) is 0 Å². The number of hydrogen-bond acceptors (Lipinski definition) is 4. The van der Waals surface area contributed by atoms with Crippen LogP contribution in [0.25, 0.3) is 0 Å². The predicted octanol–water partition coefficient (Wildman–Crippen LogP) is -0.185. The Hall–Kier alpha value is -1.92. The summed E-state index contributed by atoms with van der Waals surface area (Å²) in [7, 11) is 3.20. The second-order valence-electron chi connectivity index (χ2n) is 5.04. The maximum absolute atomic E-state index is 12.1. The van der Waals surface area contributed by atoms with E-state index in [-0.39, 0.29) is 24.8 Å². The summed E-state index contributed by atoms with van der Waals surface area (Å²) in [4.78, 5) is 49.1. The molecule has 1 N–H and O–H groups in total. The van der Waals surface area contributed by atoms with Crippen LogP contribution in [0.5, 0.6) is 0 Å². The van der Waals surface area contributed by atoms with Crippen molar-refractivity contribution in [3.05, 3.63) is 0 Å². The zero-order valence-corrected chi connectivity index (χ0v) is 11.6. The van der Waals surface area contributed by atoms with Crippen molar-refractivity contribution in [3.8, 4) is 0 Å². The van der Waals surface area contributed by atoms with Gasteiger partial charge in [-0.3, -0.25) is 24.6 Å². The van der Waals surface area contributed by atoms with Crippen molar-refractivity contribution in [2.45, 2.75) is 20.3 Å². The van der Waals surface area contributed by atoms with Crippen LogP contribution in [0.15, 0.2) is 0 Å². The number of imide groups is 2. The number of rotatable bonds is 4. The van der Waals surface area contributed by atoms with E-state index < -0.39 is 23.8 Å². The highest BCUT2D eigenvalue weighted by atomic mass is 16.2. The van der Waals surface area contributed by atoms with Crippen LogP contribution in [0.4, 0.5) is 4.79 Å². The maximum Gasteiger partial charge on any atom is 0.330 e. The number of urea groups is 1. The molecule has 0 spiro atoms. The first kappa shape index (κ1) is 15.1. The van der Waals surface area contributed by atoms with Crippen molar-refractivity contribution >= 4 is 23.8 Å². The highest BCUT2D eigenvalue weighted by Crippen LogP contribution is 2.19. The molecule has 1 heterocycles. The average Bonchev–Trinajstić information content (AvgIpc) is 2.26. The van der Waals surface area contributed by atoms with Gasteiger partial charge >= 0.3 is 6.03 Å². The summed E-state index contributed by atoms with van der Waals surface area (Å²) < 4.78 is 0. The summed E-state index contributed by atoms with van der Waals surface area (Å²) in [5, 5.41) is 2.15. The number of amides is 5. The molecule has 7 nitrogen and oxygen atoms in total. The monoisotopic (exact) mass is 269 g/mol. The average molecular weight is 269 g/mol. The van der Waals surface area contributed by atoms with Crippen LogP contribution < -0.4 is 5.32 Å². The zero-order chi connectivity index (χ0) is 14.7. The Labute approximate surface area is 111 Å². The van der Waals surface area contributed by atoms with E-state index in [1.165, 1.54) is 4.90 Å². The van der Waals surface area contributed by atoms with Gasteiger partial charge in [-0.1, -0.05) is 13.8 Å². The van der Waals surface area contributed by atoms with E-state index in [1.54, 1.807) is 27.9 Å². The number of hydrogen-bond donors (Lipinski definition) is 1. The van der Waals surface area contributed by atoms with Gasteiger partial charge in [-0.2, -0.15) is 0 Å². The summed E-state index contributed by atoms with van der Waals surface area (Å²) in [6, 6.07) is -0.751. The van der Waals surface area contributed by atoms with Crippen LogP contribution >= 0.6 is 0 Å². The Balaban J connectivity index is 2.76. The van der Waals surface area contributed by atoms with Gasteiger partial charge in [-0.05, 0) is 5.92 Å². The quantitative estimate of drug-likeness (QED) is 0.717. The van der Waals surface area contributed by atoms with Crippen LogP contribution in [-0.4, -0.2) is 54.2 Å². The van der Waals surface area contributed by atoms with Gasteiger partial charge in [0.2, 0.25) is 17.7 Å². The van der Waals surface area contributed by atoms with Crippen LogP contribution in [0.3, 0.4) is 0 Å². The summed E-state index contributed by atoms with van der Waals surface area (Å²) >= 11 is 0. The van der Waals surface area contributed by atoms with Gasteiger partial charge in [0.05, 0.1) is 0 Å². The molecule has 7 heteroatoms. The van der Waals surface area contributed by atoms with Gasteiger partial charge in [-0.25, -0.2) is 4.79 Å².